The average molecular weight is 258 g/mol. The van der Waals surface area contributed by atoms with Gasteiger partial charge in [-0.15, -0.1) is 0 Å². The Morgan fingerprint density at radius 2 is 1.68 bits per heavy atom. The maximum Gasteiger partial charge on any atom is 0.320 e. The van der Waals surface area contributed by atoms with Crippen LogP contribution in [0.15, 0.2) is 36.4 Å². The van der Waals surface area contributed by atoms with Gasteiger partial charge in [-0.2, -0.15) is 0 Å². The molecule has 1 unspecified atom stereocenters. The molecule has 0 aliphatic carbocycles. The van der Waals surface area contributed by atoms with Crippen molar-refractivity contribution in [3.8, 4) is 5.69 Å². The van der Waals surface area contributed by atoms with Gasteiger partial charge >= 0.3 is 5.97 Å². The SMILES string of the molecule is Cc1ccc(C)n1-c1ccc(CC(N)C(=O)O)cc1. The lowest BCUT2D eigenvalue weighted by Gasteiger charge is -2.11. The topological polar surface area (TPSA) is 68.2 Å². The standard InChI is InChI=1S/C15H18N2O2/c1-10-3-4-11(2)17(10)13-7-5-12(6-8-13)9-14(16)15(18)19/h3-8,14H,9,16H2,1-2H3,(H,18,19). The number of aliphatic carboxylic acids is 1. The van der Waals surface area contributed by atoms with Crippen molar-refractivity contribution >= 4 is 5.97 Å². The number of aromatic nitrogens is 1. The van der Waals surface area contributed by atoms with E-state index in [1.54, 1.807) is 0 Å². The second-order valence-electron chi connectivity index (χ2n) is 4.77. The number of nitrogens with zero attached hydrogens (tertiary/aromatic N) is 1. The van der Waals surface area contributed by atoms with Crippen LogP contribution in [0.25, 0.3) is 5.69 Å². The van der Waals surface area contributed by atoms with Crippen molar-refractivity contribution < 1.29 is 9.90 Å². The predicted octanol–water partition coefficient (Wildman–Crippen LogP) is 2.05. The van der Waals surface area contributed by atoms with E-state index < -0.39 is 12.0 Å². The van der Waals surface area contributed by atoms with Gasteiger partial charge in [-0.25, -0.2) is 0 Å². The summed E-state index contributed by atoms with van der Waals surface area (Å²) in [7, 11) is 0. The van der Waals surface area contributed by atoms with E-state index in [2.05, 4.69) is 30.5 Å². The van der Waals surface area contributed by atoms with Crippen LogP contribution in [0.2, 0.25) is 0 Å². The quantitative estimate of drug-likeness (QED) is 0.882. The van der Waals surface area contributed by atoms with Crippen molar-refractivity contribution in [3.63, 3.8) is 0 Å². The van der Waals surface area contributed by atoms with Crippen molar-refractivity contribution in [2.45, 2.75) is 26.3 Å². The van der Waals surface area contributed by atoms with Gasteiger partial charge in [-0.3, -0.25) is 4.79 Å². The van der Waals surface area contributed by atoms with Gasteiger partial charge in [-0.05, 0) is 50.1 Å². The van der Waals surface area contributed by atoms with Gasteiger partial charge in [0.1, 0.15) is 6.04 Å². The first-order valence-electron chi connectivity index (χ1n) is 6.21. The van der Waals surface area contributed by atoms with E-state index in [1.807, 2.05) is 24.3 Å². The summed E-state index contributed by atoms with van der Waals surface area (Å²) < 4.78 is 2.15. The number of aryl methyl sites for hydroxylation is 2. The summed E-state index contributed by atoms with van der Waals surface area (Å²) in [5, 5.41) is 8.79. The Hall–Kier alpha value is -2.07. The predicted molar refractivity (Wildman–Crippen MR) is 74.6 cm³/mol. The highest BCUT2D eigenvalue weighted by Gasteiger charge is 2.12. The third kappa shape index (κ3) is 2.85. The van der Waals surface area contributed by atoms with Crippen molar-refractivity contribution in [3.05, 3.63) is 53.3 Å². The van der Waals surface area contributed by atoms with Crippen LogP contribution >= 0.6 is 0 Å². The molecule has 0 aliphatic rings. The molecule has 1 aromatic carbocycles. The van der Waals surface area contributed by atoms with Gasteiger partial charge < -0.3 is 15.4 Å². The fourth-order valence-electron chi connectivity index (χ4n) is 2.20. The minimum atomic E-state index is -0.971. The number of carboxylic acids is 1. The van der Waals surface area contributed by atoms with Crippen LogP contribution in [0, 0.1) is 13.8 Å². The lowest BCUT2D eigenvalue weighted by molar-refractivity contribution is -0.138. The maximum atomic E-state index is 10.7. The smallest absolute Gasteiger partial charge is 0.320 e. The van der Waals surface area contributed by atoms with Crippen molar-refractivity contribution in [1.29, 1.82) is 0 Å². The highest BCUT2D eigenvalue weighted by atomic mass is 16.4. The van der Waals surface area contributed by atoms with E-state index in [9.17, 15) is 4.79 Å². The fraction of sp³-hybridized carbons (Fsp3) is 0.267. The van der Waals surface area contributed by atoms with E-state index >= 15 is 0 Å². The number of rotatable bonds is 4. The van der Waals surface area contributed by atoms with Crippen molar-refractivity contribution in [2.75, 3.05) is 0 Å². The van der Waals surface area contributed by atoms with Crippen LogP contribution in [0.5, 0.6) is 0 Å². The summed E-state index contributed by atoms with van der Waals surface area (Å²) in [4.78, 5) is 10.7. The van der Waals surface area contributed by atoms with Crippen LogP contribution in [-0.2, 0) is 11.2 Å². The molecule has 0 bridgehead atoms. The van der Waals surface area contributed by atoms with E-state index in [0.717, 1.165) is 11.3 Å². The summed E-state index contributed by atoms with van der Waals surface area (Å²) in [6, 6.07) is 11.1. The van der Waals surface area contributed by atoms with Gasteiger partial charge in [-0.1, -0.05) is 12.1 Å². The van der Waals surface area contributed by atoms with Crippen LogP contribution in [0.1, 0.15) is 17.0 Å². The minimum absolute atomic E-state index is 0.346. The molecule has 100 valence electrons. The Balaban J connectivity index is 2.22. The van der Waals surface area contributed by atoms with Crippen LogP contribution in [-0.4, -0.2) is 21.7 Å². The normalized spacial score (nSPS) is 12.4. The second kappa shape index (κ2) is 5.28. The number of hydrogen-bond donors (Lipinski definition) is 2. The Kier molecular flexibility index (Phi) is 3.71. The summed E-state index contributed by atoms with van der Waals surface area (Å²) in [5.74, 6) is -0.971. The largest absolute Gasteiger partial charge is 0.480 e. The molecule has 3 N–H and O–H groups in total. The molecule has 1 aromatic heterocycles. The summed E-state index contributed by atoms with van der Waals surface area (Å²) in [6.45, 7) is 4.11. The molecule has 0 spiro atoms. The summed E-state index contributed by atoms with van der Waals surface area (Å²) in [5.41, 5.74) is 9.88. The van der Waals surface area contributed by atoms with Gasteiger partial charge in [0.2, 0.25) is 0 Å². The van der Waals surface area contributed by atoms with Crippen molar-refractivity contribution in [1.82, 2.24) is 4.57 Å². The Morgan fingerprint density at radius 3 is 2.16 bits per heavy atom. The minimum Gasteiger partial charge on any atom is -0.480 e. The van der Waals surface area contributed by atoms with Crippen molar-refractivity contribution in [2.24, 2.45) is 5.73 Å². The molecule has 0 fully saturated rings. The Labute approximate surface area is 112 Å². The van der Waals surface area contributed by atoms with E-state index in [4.69, 9.17) is 10.8 Å². The molecule has 0 amide bonds. The number of nitrogens with two attached hydrogens (primary N) is 1. The average Bonchev–Trinajstić information content (AvgIpc) is 2.70. The second-order valence-corrected chi connectivity index (χ2v) is 4.77. The molecule has 0 saturated heterocycles. The molecule has 2 rings (SSSR count). The molecule has 4 nitrogen and oxygen atoms in total. The summed E-state index contributed by atoms with van der Waals surface area (Å²) >= 11 is 0. The maximum absolute atomic E-state index is 10.7. The third-order valence-corrected chi connectivity index (χ3v) is 3.24. The summed E-state index contributed by atoms with van der Waals surface area (Å²) in [6.07, 6.45) is 0.346. The van der Waals surface area contributed by atoms with Gasteiger partial charge in [0.15, 0.2) is 0 Å². The molecule has 0 aliphatic heterocycles. The van der Waals surface area contributed by atoms with Crippen LogP contribution in [0.4, 0.5) is 0 Å². The zero-order valence-electron chi connectivity index (χ0n) is 11.1. The highest BCUT2D eigenvalue weighted by molar-refractivity contribution is 5.73. The highest BCUT2D eigenvalue weighted by Crippen LogP contribution is 2.17. The number of carboxylic acid groups (broad SMARTS) is 1. The first kappa shape index (κ1) is 13.4. The van der Waals surface area contributed by atoms with E-state index in [0.29, 0.717) is 6.42 Å². The van der Waals surface area contributed by atoms with Gasteiger partial charge in [0.05, 0.1) is 0 Å². The molecule has 4 heteroatoms. The number of hydrogen-bond acceptors (Lipinski definition) is 2. The van der Waals surface area contributed by atoms with Gasteiger partial charge in [0, 0.05) is 17.1 Å². The molecular weight excluding hydrogens is 240 g/mol. The fourth-order valence-corrected chi connectivity index (χ4v) is 2.20. The molecule has 0 radical (unpaired) electrons. The Bertz CT molecular complexity index is 565. The zero-order valence-corrected chi connectivity index (χ0v) is 11.1. The molecule has 2 aromatic rings. The lowest BCUT2D eigenvalue weighted by Crippen LogP contribution is -2.32. The first-order valence-corrected chi connectivity index (χ1v) is 6.21. The Morgan fingerprint density at radius 1 is 1.16 bits per heavy atom. The third-order valence-electron chi connectivity index (χ3n) is 3.24. The lowest BCUT2D eigenvalue weighted by atomic mass is 10.1. The van der Waals surface area contributed by atoms with E-state index in [1.165, 1.54) is 11.4 Å². The van der Waals surface area contributed by atoms with Crippen LogP contribution < -0.4 is 5.73 Å². The monoisotopic (exact) mass is 258 g/mol. The van der Waals surface area contributed by atoms with E-state index in [-0.39, 0.29) is 0 Å². The number of carbonyl (C=O) groups is 1. The van der Waals surface area contributed by atoms with Gasteiger partial charge in [0.25, 0.3) is 0 Å². The first-order chi connectivity index (χ1) is 8.99. The zero-order chi connectivity index (χ0) is 14.0. The molecule has 19 heavy (non-hydrogen) atoms. The number of benzene rings is 1. The molecule has 0 saturated carbocycles. The van der Waals surface area contributed by atoms with Crippen LogP contribution in [0.3, 0.4) is 0 Å². The molecule has 1 atom stereocenters. The molecular formula is C15H18N2O2. The molecule has 1 heterocycles.